The summed E-state index contributed by atoms with van der Waals surface area (Å²) in [5.41, 5.74) is 0.901. The summed E-state index contributed by atoms with van der Waals surface area (Å²) >= 11 is 0. The average molecular weight is 759 g/mol. The lowest BCUT2D eigenvalue weighted by Crippen LogP contribution is -2.33. The van der Waals surface area contributed by atoms with E-state index in [1.807, 2.05) is 0 Å². The fraction of sp³-hybridized carbons (Fsp3) is 0.860. The average Bonchev–Trinajstić information content (AvgIpc) is 3.06. The molecule has 1 aromatic rings. The first-order valence-corrected chi connectivity index (χ1v) is 27.7. The van der Waals surface area contributed by atoms with Crippen LogP contribution in [0.3, 0.4) is 0 Å². The number of hydrogen-bond donors (Lipinski definition) is 0. The zero-order valence-corrected chi connectivity index (χ0v) is 36.1. The minimum absolute atomic E-state index is 0.0120. The minimum atomic E-state index is -4.06. The zero-order chi connectivity index (χ0) is 38.0. The van der Waals surface area contributed by atoms with Gasteiger partial charge in [0.2, 0.25) is 5.82 Å². The van der Waals surface area contributed by atoms with Gasteiger partial charge in [0, 0.05) is 22.6 Å². The van der Waals surface area contributed by atoms with E-state index >= 15 is 8.78 Å². The molecule has 51 heavy (non-hydrogen) atoms. The van der Waals surface area contributed by atoms with E-state index in [1.165, 1.54) is 43.4 Å². The number of hydrogen-bond acceptors (Lipinski definition) is 1. The van der Waals surface area contributed by atoms with Gasteiger partial charge in [-0.2, -0.15) is 17.6 Å². The summed E-state index contributed by atoms with van der Waals surface area (Å²) in [6, 6.07) is 8.84. The van der Waals surface area contributed by atoms with Gasteiger partial charge in [-0.15, -0.1) is 0 Å². The number of alkyl halides is 3. The Morgan fingerprint density at radius 1 is 0.765 bits per heavy atom. The Balaban J connectivity index is 1.36. The number of unbranched alkanes of at least 4 members (excludes halogenated alkanes) is 1. The normalized spacial score (nSPS) is 23.1. The summed E-state index contributed by atoms with van der Waals surface area (Å²) < 4.78 is 74.1. The first-order valence-electron chi connectivity index (χ1n) is 20.9. The van der Waals surface area contributed by atoms with Gasteiger partial charge in [-0.05, 0) is 110 Å². The topological polar surface area (TPSA) is 9.23 Å². The second kappa shape index (κ2) is 19.6. The Morgan fingerprint density at radius 3 is 1.88 bits per heavy atom. The maximum Gasteiger partial charge on any atom is 0.389 e. The molecule has 1 aromatic carbocycles. The third kappa shape index (κ3) is 15.4. The van der Waals surface area contributed by atoms with E-state index < -0.39 is 40.4 Å². The molecule has 1 unspecified atom stereocenters. The summed E-state index contributed by atoms with van der Waals surface area (Å²) in [4.78, 5) is 0. The van der Waals surface area contributed by atoms with Crippen molar-refractivity contribution in [1.29, 1.82) is 0 Å². The van der Waals surface area contributed by atoms with Gasteiger partial charge in [-0.1, -0.05) is 123 Å². The third-order valence-electron chi connectivity index (χ3n) is 13.6. The monoisotopic (exact) mass is 759 g/mol. The van der Waals surface area contributed by atoms with Crippen molar-refractivity contribution < 1.29 is 26.7 Å². The van der Waals surface area contributed by atoms with Crippen LogP contribution in [0.2, 0.25) is 50.4 Å². The molecule has 296 valence electrons. The van der Waals surface area contributed by atoms with Crippen LogP contribution in [0.1, 0.15) is 142 Å². The van der Waals surface area contributed by atoms with Crippen LogP contribution in [-0.4, -0.2) is 28.9 Å². The summed E-state index contributed by atoms with van der Waals surface area (Å²) in [6.45, 7) is 22.6. The molecule has 2 aliphatic carbocycles. The molecule has 0 bridgehead atoms. The third-order valence-corrected chi connectivity index (χ3v) is 20.6. The standard InChI is InChI=1S/C43H75F5OSi2/c1-10-42(4,5)31-37(32(2)3)24-28-51(8,9)30-29-50(6,7)27-12-11-26-49-39-22-21-38(40(44)41(39)45)36-19-17-35(18-20-36)34-15-13-33(14-16-34)23-25-43(46,47)48/h21-22,32-37H,10-20,23-31H2,1-9H3. The molecule has 0 spiro atoms. The van der Waals surface area contributed by atoms with Crippen LogP contribution in [0.4, 0.5) is 22.0 Å². The van der Waals surface area contributed by atoms with Gasteiger partial charge in [0.1, 0.15) is 0 Å². The van der Waals surface area contributed by atoms with E-state index in [2.05, 4.69) is 60.8 Å². The van der Waals surface area contributed by atoms with Crippen LogP contribution in [0.25, 0.3) is 0 Å². The summed E-state index contributed by atoms with van der Waals surface area (Å²) in [7, 11) is -2.59. The fourth-order valence-corrected chi connectivity index (χ4v) is 17.4. The molecule has 0 aliphatic heterocycles. The molecule has 2 saturated carbocycles. The quantitative estimate of drug-likeness (QED) is 0.0731. The molecule has 0 saturated heterocycles. The van der Waals surface area contributed by atoms with E-state index in [0.717, 1.165) is 76.0 Å². The van der Waals surface area contributed by atoms with Crippen molar-refractivity contribution in [2.24, 2.45) is 35.0 Å². The smallest absolute Gasteiger partial charge is 0.389 e. The van der Waals surface area contributed by atoms with Crippen LogP contribution in [0.15, 0.2) is 12.1 Å². The van der Waals surface area contributed by atoms with Gasteiger partial charge in [-0.25, -0.2) is 4.39 Å². The Morgan fingerprint density at radius 2 is 1.33 bits per heavy atom. The minimum Gasteiger partial charge on any atom is -0.490 e. The molecule has 3 rings (SSSR count). The highest BCUT2D eigenvalue weighted by molar-refractivity contribution is 6.82. The molecule has 0 aromatic heterocycles. The van der Waals surface area contributed by atoms with Gasteiger partial charge in [0.05, 0.1) is 6.61 Å². The van der Waals surface area contributed by atoms with Crippen molar-refractivity contribution in [3.63, 3.8) is 0 Å². The van der Waals surface area contributed by atoms with Gasteiger partial charge >= 0.3 is 6.18 Å². The van der Waals surface area contributed by atoms with E-state index in [9.17, 15) is 13.2 Å². The van der Waals surface area contributed by atoms with Crippen molar-refractivity contribution in [2.45, 2.75) is 193 Å². The second-order valence-electron chi connectivity index (χ2n) is 19.7. The molecule has 2 fully saturated rings. The zero-order valence-electron chi connectivity index (χ0n) is 34.1. The van der Waals surface area contributed by atoms with E-state index in [1.54, 1.807) is 12.1 Å². The van der Waals surface area contributed by atoms with Crippen molar-refractivity contribution in [2.75, 3.05) is 6.61 Å². The second-order valence-corrected chi connectivity index (χ2v) is 30.4. The first-order chi connectivity index (χ1) is 23.7. The van der Waals surface area contributed by atoms with Crippen LogP contribution in [0.5, 0.6) is 5.75 Å². The van der Waals surface area contributed by atoms with Gasteiger partial charge < -0.3 is 4.74 Å². The van der Waals surface area contributed by atoms with Crippen molar-refractivity contribution >= 4 is 16.1 Å². The van der Waals surface area contributed by atoms with Crippen LogP contribution in [-0.2, 0) is 0 Å². The van der Waals surface area contributed by atoms with Crippen molar-refractivity contribution in [1.82, 2.24) is 0 Å². The van der Waals surface area contributed by atoms with Crippen molar-refractivity contribution in [3.05, 3.63) is 29.3 Å². The Bertz CT molecular complexity index is 1160. The first kappa shape index (κ1) is 44.5. The van der Waals surface area contributed by atoms with Crippen molar-refractivity contribution in [3.8, 4) is 5.75 Å². The largest absolute Gasteiger partial charge is 0.490 e. The molecule has 0 amide bonds. The maximum atomic E-state index is 15.3. The van der Waals surface area contributed by atoms with Crippen LogP contribution < -0.4 is 4.74 Å². The molecule has 0 radical (unpaired) electrons. The van der Waals surface area contributed by atoms with E-state index in [0.29, 0.717) is 29.4 Å². The number of ether oxygens (including phenoxy) is 1. The maximum absolute atomic E-state index is 15.3. The number of halogens is 5. The summed E-state index contributed by atoms with van der Waals surface area (Å²) in [5, 5.41) is 0. The highest BCUT2D eigenvalue weighted by atomic mass is 28.3. The van der Waals surface area contributed by atoms with Gasteiger partial charge in [0.15, 0.2) is 11.6 Å². The van der Waals surface area contributed by atoms with Gasteiger partial charge in [0.25, 0.3) is 0 Å². The van der Waals surface area contributed by atoms with Gasteiger partial charge in [-0.3, -0.25) is 0 Å². The Kier molecular flexibility index (Phi) is 17.1. The summed E-state index contributed by atoms with van der Waals surface area (Å²) in [5.74, 6) is 1.29. The predicted molar refractivity (Wildman–Crippen MR) is 212 cm³/mol. The summed E-state index contributed by atoms with van der Waals surface area (Å²) in [6.07, 6.45) is 8.83. The lowest BCUT2D eigenvalue weighted by Gasteiger charge is -2.38. The Hall–Kier alpha value is -0.896. The number of rotatable bonds is 20. The highest BCUT2D eigenvalue weighted by Gasteiger charge is 2.35. The molecular weight excluding hydrogens is 684 g/mol. The molecular formula is C43H75F5OSi2. The molecule has 0 heterocycles. The van der Waals surface area contributed by atoms with Crippen LogP contribution >= 0.6 is 0 Å². The molecule has 1 nitrogen and oxygen atoms in total. The predicted octanol–water partition coefficient (Wildman–Crippen LogP) is 15.5. The lowest BCUT2D eigenvalue weighted by molar-refractivity contribution is -0.138. The molecule has 2 aliphatic rings. The number of benzene rings is 1. The van der Waals surface area contributed by atoms with Crippen LogP contribution in [0, 0.1) is 46.6 Å². The van der Waals surface area contributed by atoms with E-state index in [4.69, 9.17) is 4.74 Å². The van der Waals surface area contributed by atoms with E-state index in [-0.39, 0.29) is 24.0 Å². The fourth-order valence-electron chi connectivity index (χ4n) is 9.11. The highest BCUT2D eigenvalue weighted by Crippen LogP contribution is 2.46. The Labute approximate surface area is 312 Å². The molecule has 1 atom stereocenters. The molecule has 0 N–H and O–H groups in total. The molecule has 8 heteroatoms. The lowest BCUT2D eigenvalue weighted by atomic mass is 9.68. The SMILES string of the molecule is CCC(C)(C)CC(CC[Si](C)(C)CC[Si](C)(C)CCCCOc1ccc(C2CCC(C3CCC(CCC(F)(F)F)CC3)CC2)c(F)c1F)C(C)C.